The van der Waals surface area contributed by atoms with Gasteiger partial charge in [0.25, 0.3) is 0 Å². The van der Waals surface area contributed by atoms with Gasteiger partial charge in [-0.15, -0.1) is 0 Å². The molecule has 112 valence electrons. The fourth-order valence-electron chi connectivity index (χ4n) is 1.16. The number of aliphatic imine (C=N–C) groups is 1. The highest BCUT2D eigenvalue weighted by Gasteiger charge is 2.07. The molecule has 0 aliphatic rings. The molecule has 0 radical (unpaired) electrons. The average molecular weight is 291 g/mol. The summed E-state index contributed by atoms with van der Waals surface area (Å²) >= 11 is 0. The summed E-state index contributed by atoms with van der Waals surface area (Å²) < 4.78 is 0. The molecule has 0 heterocycles. The molecule has 0 atom stereocenters. The normalized spacial score (nSPS) is 8.76. The van der Waals surface area contributed by atoms with Gasteiger partial charge in [-0.2, -0.15) is 0 Å². The molecule has 0 bridgehead atoms. The van der Waals surface area contributed by atoms with E-state index in [2.05, 4.69) is 18.2 Å². The number of rotatable bonds is 5. The molecule has 0 unspecified atom stereocenters. The van der Waals surface area contributed by atoms with Crippen LogP contribution >= 0.6 is 0 Å². The summed E-state index contributed by atoms with van der Waals surface area (Å²) in [6.07, 6.45) is 1.21. The number of carboxylic acid groups (broad SMARTS) is 2. The molecular formula is C14H17N3O4. The van der Waals surface area contributed by atoms with Crippen LogP contribution in [0.1, 0.15) is 12.0 Å². The Bertz CT molecular complexity index is 575. The van der Waals surface area contributed by atoms with Crippen LogP contribution < -0.4 is 11.5 Å². The highest BCUT2D eigenvalue weighted by atomic mass is 16.4. The van der Waals surface area contributed by atoms with E-state index in [1.54, 1.807) is 6.08 Å². The Balaban J connectivity index is 0.000000400. The van der Waals surface area contributed by atoms with Crippen LogP contribution in [0.15, 0.2) is 48.0 Å². The van der Waals surface area contributed by atoms with Gasteiger partial charge in [0, 0.05) is 5.57 Å². The molecule has 0 amide bonds. The van der Waals surface area contributed by atoms with Crippen molar-refractivity contribution < 1.29 is 19.8 Å². The molecule has 0 spiro atoms. The maximum atomic E-state index is 9.87. The average Bonchev–Trinajstić information content (AvgIpc) is 2.38. The highest BCUT2D eigenvalue weighted by molar-refractivity contribution is 5.91. The predicted molar refractivity (Wildman–Crippen MR) is 81.0 cm³/mol. The molecule has 6 N–H and O–H groups in total. The summed E-state index contributed by atoms with van der Waals surface area (Å²) in [4.78, 5) is 23.6. The first-order chi connectivity index (χ1) is 9.77. The molecule has 0 saturated heterocycles. The van der Waals surface area contributed by atoms with Crippen molar-refractivity contribution in [3.05, 3.63) is 48.6 Å². The van der Waals surface area contributed by atoms with Gasteiger partial charge in [0.1, 0.15) is 0 Å². The number of para-hydroxylation sites is 1. The minimum Gasteiger partial charge on any atom is -0.481 e. The van der Waals surface area contributed by atoms with Crippen LogP contribution in [0.3, 0.4) is 0 Å². The van der Waals surface area contributed by atoms with Crippen LogP contribution in [0, 0.1) is 0 Å². The third-order valence-electron chi connectivity index (χ3n) is 2.07. The summed E-state index contributed by atoms with van der Waals surface area (Å²) in [6, 6.07) is 7.50. The van der Waals surface area contributed by atoms with Crippen molar-refractivity contribution in [3.8, 4) is 0 Å². The van der Waals surface area contributed by atoms with Crippen molar-refractivity contribution in [1.82, 2.24) is 0 Å². The first kappa shape index (κ1) is 17.9. The molecule has 0 saturated carbocycles. The van der Waals surface area contributed by atoms with Gasteiger partial charge in [-0.25, -0.2) is 9.79 Å². The van der Waals surface area contributed by atoms with Gasteiger partial charge in [0.15, 0.2) is 5.96 Å². The van der Waals surface area contributed by atoms with Crippen LogP contribution in [0.4, 0.5) is 5.69 Å². The lowest BCUT2D eigenvalue weighted by Gasteiger charge is -1.98. The zero-order valence-electron chi connectivity index (χ0n) is 11.3. The van der Waals surface area contributed by atoms with Crippen molar-refractivity contribution in [2.45, 2.75) is 6.42 Å². The largest absolute Gasteiger partial charge is 0.481 e. The fraction of sp³-hybridized carbons (Fsp3) is 0.0714. The van der Waals surface area contributed by atoms with Crippen LogP contribution in [0.2, 0.25) is 0 Å². The topological polar surface area (TPSA) is 139 Å². The minimum atomic E-state index is -1.27. The first-order valence-corrected chi connectivity index (χ1v) is 5.71. The summed E-state index contributed by atoms with van der Waals surface area (Å²) in [5, 5.41) is 16.1. The molecule has 7 heteroatoms. The van der Waals surface area contributed by atoms with E-state index in [-0.39, 0.29) is 11.5 Å². The first-order valence-electron chi connectivity index (χ1n) is 5.71. The Morgan fingerprint density at radius 2 is 1.81 bits per heavy atom. The number of hydrogen-bond donors (Lipinski definition) is 4. The number of hydrogen-bond acceptors (Lipinski definition) is 3. The predicted octanol–water partition coefficient (Wildman–Crippen LogP) is 1.34. The highest BCUT2D eigenvalue weighted by Crippen LogP contribution is 2.18. The number of carboxylic acids is 2. The van der Waals surface area contributed by atoms with E-state index >= 15 is 0 Å². The molecular weight excluding hydrogens is 274 g/mol. The monoisotopic (exact) mass is 291 g/mol. The lowest BCUT2D eigenvalue weighted by molar-refractivity contribution is -0.139. The van der Waals surface area contributed by atoms with Crippen molar-refractivity contribution in [3.63, 3.8) is 0 Å². The fourth-order valence-corrected chi connectivity index (χ4v) is 1.16. The van der Waals surface area contributed by atoms with Crippen molar-refractivity contribution in [2.75, 3.05) is 0 Å². The molecule has 0 aliphatic carbocycles. The standard InChI is InChI=1S/C9H11N3.C5H6O4/c1-2-7-5-3-4-6-8(7)12-9(10)11;1-3(5(8)9)2-4(6)7/h2-6H,1H2,(H4,10,11,12);1-2H2,(H,6,7)(H,8,9). The van der Waals surface area contributed by atoms with Crippen LogP contribution in [-0.4, -0.2) is 28.1 Å². The second kappa shape index (κ2) is 8.92. The minimum absolute atomic E-state index is 0.0595. The van der Waals surface area contributed by atoms with E-state index in [1.165, 1.54) is 0 Å². The maximum Gasteiger partial charge on any atom is 0.331 e. The van der Waals surface area contributed by atoms with E-state index < -0.39 is 18.4 Å². The van der Waals surface area contributed by atoms with E-state index in [4.69, 9.17) is 21.7 Å². The third-order valence-corrected chi connectivity index (χ3v) is 2.07. The van der Waals surface area contributed by atoms with Gasteiger partial charge in [0.2, 0.25) is 0 Å². The second-order valence-corrected chi connectivity index (χ2v) is 3.78. The van der Waals surface area contributed by atoms with Crippen LogP contribution in [0.25, 0.3) is 6.08 Å². The lowest BCUT2D eigenvalue weighted by atomic mass is 10.2. The summed E-state index contributed by atoms with van der Waals surface area (Å²) in [5.41, 5.74) is 11.8. The molecule has 1 aromatic rings. The van der Waals surface area contributed by atoms with Crippen LogP contribution in [0.5, 0.6) is 0 Å². The molecule has 1 aromatic carbocycles. The Hall–Kier alpha value is -3.09. The second-order valence-electron chi connectivity index (χ2n) is 3.78. The Kier molecular flexibility index (Phi) is 7.60. The molecule has 1 rings (SSSR count). The molecule has 0 aliphatic heterocycles. The van der Waals surface area contributed by atoms with Crippen molar-refractivity contribution in [1.29, 1.82) is 0 Å². The number of carbonyl (C=O) groups is 2. The van der Waals surface area contributed by atoms with Gasteiger partial charge in [-0.1, -0.05) is 37.4 Å². The SMILES string of the molecule is C=C(CC(=O)O)C(=O)O.C=Cc1ccccc1N=C(N)N. The van der Waals surface area contributed by atoms with Gasteiger partial charge in [0.05, 0.1) is 12.1 Å². The van der Waals surface area contributed by atoms with Gasteiger partial charge in [-0.05, 0) is 11.6 Å². The number of nitrogens with zero attached hydrogens (tertiary/aromatic N) is 1. The number of aliphatic carboxylic acids is 2. The van der Waals surface area contributed by atoms with Crippen molar-refractivity contribution >= 4 is 29.7 Å². The maximum absolute atomic E-state index is 9.87. The Labute approximate surface area is 121 Å². The van der Waals surface area contributed by atoms with E-state index in [1.807, 2.05) is 24.3 Å². The van der Waals surface area contributed by atoms with Gasteiger partial charge in [-0.3, -0.25) is 4.79 Å². The summed E-state index contributed by atoms with van der Waals surface area (Å²) in [6.45, 7) is 6.66. The summed E-state index contributed by atoms with van der Waals surface area (Å²) in [7, 11) is 0. The van der Waals surface area contributed by atoms with Crippen LogP contribution in [-0.2, 0) is 9.59 Å². The van der Waals surface area contributed by atoms with E-state index in [9.17, 15) is 9.59 Å². The molecule has 0 fully saturated rings. The lowest BCUT2D eigenvalue weighted by Crippen LogP contribution is -2.21. The number of nitrogens with two attached hydrogens (primary N) is 2. The Morgan fingerprint density at radius 3 is 2.19 bits per heavy atom. The van der Waals surface area contributed by atoms with Crippen molar-refractivity contribution in [2.24, 2.45) is 16.5 Å². The quantitative estimate of drug-likeness (QED) is 0.366. The van der Waals surface area contributed by atoms with E-state index in [0.29, 0.717) is 0 Å². The third kappa shape index (κ3) is 7.83. The van der Waals surface area contributed by atoms with Gasteiger partial charge >= 0.3 is 11.9 Å². The Morgan fingerprint density at radius 1 is 1.24 bits per heavy atom. The molecule has 7 nitrogen and oxygen atoms in total. The van der Waals surface area contributed by atoms with E-state index in [0.717, 1.165) is 11.3 Å². The smallest absolute Gasteiger partial charge is 0.331 e. The number of benzene rings is 1. The zero-order valence-corrected chi connectivity index (χ0v) is 11.3. The van der Waals surface area contributed by atoms with Gasteiger partial charge < -0.3 is 21.7 Å². The zero-order chi connectivity index (χ0) is 16.4. The summed E-state index contributed by atoms with van der Waals surface area (Å²) in [5.74, 6) is -2.39. The number of guanidine groups is 1. The molecule has 21 heavy (non-hydrogen) atoms. The molecule has 0 aromatic heterocycles.